The maximum Gasteiger partial charge on any atom is 0.271 e. The molecule has 0 heterocycles. The van der Waals surface area contributed by atoms with Crippen molar-refractivity contribution in [1.82, 2.24) is 5.43 Å². The van der Waals surface area contributed by atoms with Gasteiger partial charge >= 0.3 is 0 Å². The highest BCUT2D eigenvalue weighted by molar-refractivity contribution is 9.10. The monoisotopic (exact) mass is 374 g/mol. The third-order valence-electron chi connectivity index (χ3n) is 2.94. The van der Waals surface area contributed by atoms with Crippen LogP contribution in [0.5, 0.6) is 5.75 Å². The molecule has 0 spiro atoms. The standard InChI is InChI=1S/C18H19BrN2O2/c1-13(2)12-23-17-9-8-14(10-16(17)19)11-20-21-18(22)15-6-4-3-5-7-15/h3-11,13H,12H2,1-2H3,(H,21,22)/b20-11-. The smallest absolute Gasteiger partial charge is 0.271 e. The minimum Gasteiger partial charge on any atom is -0.492 e. The second-order valence-electron chi connectivity index (χ2n) is 5.46. The van der Waals surface area contributed by atoms with Gasteiger partial charge in [-0.3, -0.25) is 4.79 Å². The fourth-order valence-electron chi connectivity index (χ4n) is 1.79. The highest BCUT2D eigenvalue weighted by Gasteiger charge is 2.04. The van der Waals surface area contributed by atoms with Gasteiger partial charge in [0.15, 0.2) is 0 Å². The molecule has 0 unspecified atom stereocenters. The molecule has 4 nitrogen and oxygen atoms in total. The molecule has 0 atom stereocenters. The van der Waals surface area contributed by atoms with Crippen LogP contribution in [0.4, 0.5) is 0 Å². The van der Waals surface area contributed by atoms with Gasteiger partial charge in [0.1, 0.15) is 5.75 Å². The number of nitrogens with one attached hydrogen (secondary N) is 1. The number of amides is 1. The van der Waals surface area contributed by atoms with Gasteiger partial charge in [0.2, 0.25) is 0 Å². The van der Waals surface area contributed by atoms with E-state index in [0.29, 0.717) is 18.1 Å². The Hall–Kier alpha value is -2.14. The van der Waals surface area contributed by atoms with Gasteiger partial charge in [-0.15, -0.1) is 0 Å². The SMILES string of the molecule is CC(C)COc1ccc(/C=N\NC(=O)c2ccccc2)cc1Br. The zero-order valence-electron chi connectivity index (χ0n) is 13.1. The highest BCUT2D eigenvalue weighted by Crippen LogP contribution is 2.25. The lowest BCUT2D eigenvalue weighted by Gasteiger charge is -2.10. The van der Waals surface area contributed by atoms with Gasteiger partial charge in [0.05, 0.1) is 17.3 Å². The molecule has 0 saturated carbocycles. The quantitative estimate of drug-likeness (QED) is 0.606. The average Bonchev–Trinajstić information content (AvgIpc) is 2.54. The van der Waals surface area contributed by atoms with Gasteiger partial charge in [-0.2, -0.15) is 5.10 Å². The van der Waals surface area contributed by atoms with Crippen molar-refractivity contribution in [3.8, 4) is 5.75 Å². The number of nitrogens with zero attached hydrogens (tertiary/aromatic N) is 1. The molecule has 2 aromatic rings. The van der Waals surface area contributed by atoms with E-state index in [-0.39, 0.29) is 5.91 Å². The molecule has 2 aromatic carbocycles. The fourth-order valence-corrected chi connectivity index (χ4v) is 2.30. The van der Waals surface area contributed by atoms with Crippen LogP contribution in [0.25, 0.3) is 0 Å². The first-order chi connectivity index (χ1) is 11.1. The Bertz CT molecular complexity index is 685. The van der Waals surface area contributed by atoms with Gasteiger partial charge in [0, 0.05) is 5.56 Å². The van der Waals surface area contributed by atoms with E-state index in [4.69, 9.17) is 4.74 Å². The van der Waals surface area contributed by atoms with Crippen molar-refractivity contribution in [2.75, 3.05) is 6.61 Å². The summed E-state index contributed by atoms with van der Waals surface area (Å²) in [5.74, 6) is 1.03. The van der Waals surface area contributed by atoms with Crippen molar-refractivity contribution in [3.05, 3.63) is 64.1 Å². The fraction of sp³-hybridized carbons (Fsp3) is 0.222. The third kappa shape index (κ3) is 5.53. The highest BCUT2D eigenvalue weighted by atomic mass is 79.9. The number of hydrazone groups is 1. The van der Waals surface area contributed by atoms with Gasteiger partial charge in [-0.05, 0) is 57.7 Å². The Morgan fingerprint density at radius 1 is 1.26 bits per heavy atom. The summed E-state index contributed by atoms with van der Waals surface area (Å²) in [6, 6.07) is 14.6. The summed E-state index contributed by atoms with van der Waals surface area (Å²) in [7, 11) is 0. The molecule has 1 amide bonds. The lowest BCUT2D eigenvalue weighted by molar-refractivity contribution is 0.0955. The van der Waals surface area contributed by atoms with Crippen LogP contribution in [-0.2, 0) is 0 Å². The first kappa shape index (κ1) is 17.2. The number of ether oxygens (including phenoxy) is 1. The molecule has 0 radical (unpaired) electrons. The predicted molar refractivity (Wildman–Crippen MR) is 96.0 cm³/mol. The van der Waals surface area contributed by atoms with Crippen molar-refractivity contribution in [2.45, 2.75) is 13.8 Å². The summed E-state index contributed by atoms with van der Waals surface area (Å²) in [5.41, 5.74) is 3.94. The number of benzene rings is 2. The zero-order chi connectivity index (χ0) is 16.7. The summed E-state index contributed by atoms with van der Waals surface area (Å²) < 4.78 is 6.55. The van der Waals surface area contributed by atoms with Crippen LogP contribution in [0.3, 0.4) is 0 Å². The maximum atomic E-state index is 11.9. The average molecular weight is 375 g/mol. The van der Waals surface area contributed by atoms with Crippen LogP contribution in [0.2, 0.25) is 0 Å². The summed E-state index contributed by atoms with van der Waals surface area (Å²) in [6.45, 7) is 4.87. The Labute approximate surface area is 144 Å². The van der Waals surface area contributed by atoms with Crippen LogP contribution >= 0.6 is 15.9 Å². The zero-order valence-corrected chi connectivity index (χ0v) is 14.7. The summed E-state index contributed by atoms with van der Waals surface area (Å²) >= 11 is 3.48. The largest absolute Gasteiger partial charge is 0.492 e. The van der Waals surface area contributed by atoms with E-state index in [1.165, 1.54) is 0 Å². The number of carbonyl (C=O) groups is 1. The molecule has 0 fully saturated rings. The van der Waals surface area contributed by atoms with Gasteiger partial charge < -0.3 is 4.74 Å². The Morgan fingerprint density at radius 3 is 2.65 bits per heavy atom. The third-order valence-corrected chi connectivity index (χ3v) is 3.56. The molecule has 0 saturated heterocycles. The Balaban J connectivity index is 1.95. The van der Waals surface area contributed by atoms with E-state index in [1.54, 1.807) is 18.3 Å². The number of halogens is 1. The van der Waals surface area contributed by atoms with Crippen LogP contribution < -0.4 is 10.2 Å². The van der Waals surface area contributed by atoms with Crippen LogP contribution in [0.1, 0.15) is 29.8 Å². The molecule has 0 aliphatic heterocycles. The second kappa shape index (κ2) is 8.48. The first-order valence-corrected chi connectivity index (χ1v) is 8.16. The Morgan fingerprint density at radius 2 is 2.00 bits per heavy atom. The number of rotatable bonds is 6. The normalized spacial score (nSPS) is 11.0. The summed E-state index contributed by atoms with van der Waals surface area (Å²) in [6.07, 6.45) is 1.60. The van der Waals surface area contributed by atoms with Crippen molar-refractivity contribution in [3.63, 3.8) is 0 Å². The lowest BCUT2D eigenvalue weighted by Crippen LogP contribution is -2.17. The topological polar surface area (TPSA) is 50.7 Å². The van der Waals surface area contributed by atoms with E-state index in [9.17, 15) is 4.79 Å². The van der Waals surface area contributed by atoms with Crippen molar-refractivity contribution in [2.24, 2.45) is 11.0 Å². The molecule has 0 aliphatic rings. The summed E-state index contributed by atoms with van der Waals surface area (Å²) in [5, 5.41) is 3.98. The van der Waals surface area contributed by atoms with E-state index < -0.39 is 0 Å². The van der Waals surface area contributed by atoms with E-state index >= 15 is 0 Å². The number of carbonyl (C=O) groups excluding carboxylic acids is 1. The van der Waals surface area contributed by atoms with Crippen LogP contribution in [-0.4, -0.2) is 18.7 Å². The number of hydrogen-bond donors (Lipinski definition) is 1. The van der Waals surface area contributed by atoms with Gasteiger partial charge in [-0.25, -0.2) is 5.43 Å². The van der Waals surface area contributed by atoms with E-state index in [2.05, 4.69) is 40.3 Å². The predicted octanol–water partition coefficient (Wildman–Crippen LogP) is 4.25. The summed E-state index contributed by atoms with van der Waals surface area (Å²) in [4.78, 5) is 11.9. The van der Waals surface area contributed by atoms with Crippen molar-refractivity contribution in [1.29, 1.82) is 0 Å². The molecule has 0 aromatic heterocycles. The van der Waals surface area contributed by atoms with Crippen molar-refractivity contribution >= 4 is 28.1 Å². The van der Waals surface area contributed by atoms with E-state index in [1.807, 2.05) is 36.4 Å². The molecule has 1 N–H and O–H groups in total. The number of hydrogen-bond acceptors (Lipinski definition) is 3. The van der Waals surface area contributed by atoms with Gasteiger partial charge in [0.25, 0.3) is 5.91 Å². The van der Waals surface area contributed by atoms with Crippen LogP contribution in [0, 0.1) is 5.92 Å². The molecule has 120 valence electrons. The van der Waals surface area contributed by atoms with E-state index in [0.717, 1.165) is 15.8 Å². The first-order valence-electron chi connectivity index (χ1n) is 7.37. The minimum atomic E-state index is -0.238. The molecule has 5 heteroatoms. The Kier molecular flexibility index (Phi) is 6.35. The molecule has 0 aliphatic carbocycles. The maximum absolute atomic E-state index is 11.9. The minimum absolute atomic E-state index is 0.238. The lowest BCUT2D eigenvalue weighted by atomic mass is 10.2. The molecular formula is C18H19BrN2O2. The second-order valence-corrected chi connectivity index (χ2v) is 6.31. The molecule has 0 bridgehead atoms. The van der Waals surface area contributed by atoms with Crippen molar-refractivity contribution < 1.29 is 9.53 Å². The van der Waals surface area contributed by atoms with Gasteiger partial charge in [-0.1, -0.05) is 32.0 Å². The van der Waals surface area contributed by atoms with Crippen LogP contribution in [0.15, 0.2) is 58.1 Å². The molecule has 23 heavy (non-hydrogen) atoms. The molecular weight excluding hydrogens is 356 g/mol. The molecule has 2 rings (SSSR count).